The molecule has 0 aliphatic heterocycles. The number of rotatable bonds is 5. The number of hydrogen-bond donors (Lipinski definition) is 2. The lowest BCUT2D eigenvalue weighted by Crippen LogP contribution is -2.25. The number of carboxylic acids is 1. The Morgan fingerprint density at radius 1 is 1.59 bits per heavy atom. The maximum atomic E-state index is 13.5. The molecular formula is C12H16FNO3. The van der Waals surface area contributed by atoms with Crippen LogP contribution in [0.1, 0.15) is 25.5 Å². The Labute approximate surface area is 99.2 Å². The fourth-order valence-electron chi connectivity index (χ4n) is 1.44. The van der Waals surface area contributed by atoms with E-state index in [2.05, 4.69) is 0 Å². The molecular weight excluding hydrogens is 225 g/mol. The number of ether oxygens (including phenoxy) is 1. The fraction of sp³-hybridized carbons (Fsp3) is 0.417. The first-order valence-electron chi connectivity index (χ1n) is 5.38. The normalized spacial score (nSPS) is 14.1. The molecule has 0 spiro atoms. The van der Waals surface area contributed by atoms with Gasteiger partial charge in [0.2, 0.25) is 0 Å². The largest absolute Gasteiger partial charge is 0.491 e. The van der Waals surface area contributed by atoms with E-state index < -0.39 is 23.7 Å². The molecule has 3 N–H and O–H groups in total. The van der Waals surface area contributed by atoms with Crippen molar-refractivity contribution in [3.05, 3.63) is 29.6 Å². The van der Waals surface area contributed by atoms with Gasteiger partial charge in [-0.3, -0.25) is 4.79 Å². The van der Waals surface area contributed by atoms with Crippen LogP contribution in [0.15, 0.2) is 18.2 Å². The number of hydrogen-bond acceptors (Lipinski definition) is 3. The first-order chi connectivity index (χ1) is 7.97. The molecule has 0 amide bonds. The minimum absolute atomic E-state index is 0.145. The summed E-state index contributed by atoms with van der Waals surface area (Å²) in [7, 11) is 0. The molecule has 94 valence electrons. The van der Waals surface area contributed by atoms with E-state index in [0.717, 1.165) is 0 Å². The van der Waals surface area contributed by atoms with Gasteiger partial charge in [0.05, 0.1) is 12.5 Å². The lowest BCUT2D eigenvalue weighted by Gasteiger charge is -2.17. The molecule has 2 unspecified atom stereocenters. The fourth-order valence-corrected chi connectivity index (χ4v) is 1.44. The highest BCUT2D eigenvalue weighted by Crippen LogP contribution is 2.25. The molecule has 5 heteroatoms. The maximum Gasteiger partial charge on any atom is 0.308 e. The molecule has 0 bridgehead atoms. The Hall–Kier alpha value is -1.62. The molecule has 4 nitrogen and oxygen atoms in total. The topological polar surface area (TPSA) is 72.5 Å². The zero-order valence-electron chi connectivity index (χ0n) is 9.81. The van der Waals surface area contributed by atoms with Crippen molar-refractivity contribution < 1.29 is 19.0 Å². The van der Waals surface area contributed by atoms with Crippen molar-refractivity contribution in [3.8, 4) is 5.75 Å². The summed E-state index contributed by atoms with van der Waals surface area (Å²) in [5, 5.41) is 8.82. The predicted octanol–water partition coefficient (Wildman–Crippen LogP) is 1.94. The zero-order chi connectivity index (χ0) is 13.0. The quantitative estimate of drug-likeness (QED) is 0.826. The van der Waals surface area contributed by atoms with Crippen molar-refractivity contribution in [1.82, 2.24) is 0 Å². The lowest BCUT2D eigenvalue weighted by atomic mass is 9.95. The van der Waals surface area contributed by atoms with Gasteiger partial charge in [-0.2, -0.15) is 0 Å². The average Bonchev–Trinajstić information content (AvgIpc) is 2.30. The number of carboxylic acid groups (broad SMARTS) is 1. The van der Waals surface area contributed by atoms with Gasteiger partial charge in [-0.05, 0) is 24.6 Å². The molecule has 0 fully saturated rings. The standard InChI is InChI=1S/C12H16FNO3/c1-3-17-10-5-4-8(6-9(10)13)11(14)7(2)12(15)16/h4-7,11H,3,14H2,1-2H3,(H,15,16). The number of benzene rings is 1. The highest BCUT2D eigenvalue weighted by Gasteiger charge is 2.22. The Kier molecular flexibility index (Phi) is 4.45. The minimum atomic E-state index is -1.01. The molecule has 0 saturated heterocycles. The van der Waals surface area contributed by atoms with Crippen LogP contribution in [0.5, 0.6) is 5.75 Å². The van der Waals surface area contributed by atoms with Gasteiger partial charge in [-0.25, -0.2) is 4.39 Å². The van der Waals surface area contributed by atoms with Crippen molar-refractivity contribution in [2.45, 2.75) is 19.9 Å². The summed E-state index contributed by atoms with van der Waals surface area (Å²) in [6.07, 6.45) is 0. The SMILES string of the molecule is CCOc1ccc(C(N)C(C)C(=O)O)cc1F. The van der Waals surface area contributed by atoms with Crippen LogP contribution in [0.25, 0.3) is 0 Å². The first-order valence-corrected chi connectivity index (χ1v) is 5.38. The van der Waals surface area contributed by atoms with Crippen LogP contribution in [-0.2, 0) is 4.79 Å². The maximum absolute atomic E-state index is 13.5. The van der Waals surface area contributed by atoms with Gasteiger partial charge in [0.1, 0.15) is 0 Å². The molecule has 0 aliphatic carbocycles. The van der Waals surface area contributed by atoms with E-state index in [1.165, 1.54) is 19.1 Å². The summed E-state index contributed by atoms with van der Waals surface area (Å²) in [5.74, 6) is -2.16. The van der Waals surface area contributed by atoms with Gasteiger partial charge in [0, 0.05) is 6.04 Å². The van der Waals surface area contributed by atoms with Gasteiger partial charge in [0.25, 0.3) is 0 Å². The smallest absolute Gasteiger partial charge is 0.308 e. The lowest BCUT2D eigenvalue weighted by molar-refractivity contribution is -0.141. The zero-order valence-corrected chi connectivity index (χ0v) is 9.81. The second-order valence-corrected chi connectivity index (χ2v) is 3.78. The Balaban J connectivity index is 2.93. The summed E-state index contributed by atoms with van der Waals surface area (Å²) in [5.41, 5.74) is 6.19. The molecule has 17 heavy (non-hydrogen) atoms. The monoisotopic (exact) mass is 241 g/mol. The van der Waals surface area contributed by atoms with Crippen LogP contribution >= 0.6 is 0 Å². The van der Waals surface area contributed by atoms with E-state index in [1.54, 1.807) is 13.0 Å². The van der Waals surface area contributed by atoms with E-state index >= 15 is 0 Å². The molecule has 1 aromatic rings. The summed E-state index contributed by atoms with van der Waals surface area (Å²) in [4.78, 5) is 10.8. The summed E-state index contributed by atoms with van der Waals surface area (Å²) < 4.78 is 18.6. The van der Waals surface area contributed by atoms with E-state index in [-0.39, 0.29) is 5.75 Å². The molecule has 1 aromatic carbocycles. The van der Waals surface area contributed by atoms with Crippen LogP contribution in [0.3, 0.4) is 0 Å². The number of aliphatic carboxylic acids is 1. The minimum Gasteiger partial charge on any atom is -0.491 e. The third-order valence-corrected chi connectivity index (χ3v) is 2.57. The molecule has 0 aliphatic rings. The summed E-state index contributed by atoms with van der Waals surface area (Å²) in [6, 6.07) is 3.52. The van der Waals surface area contributed by atoms with E-state index in [1.807, 2.05) is 0 Å². The molecule has 0 heterocycles. The third kappa shape index (κ3) is 3.17. The summed E-state index contributed by atoms with van der Waals surface area (Å²) >= 11 is 0. The Bertz CT molecular complexity index is 409. The van der Waals surface area contributed by atoms with Crippen LogP contribution < -0.4 is 10.5 Å². The van der Waals surface area contributed by atoms with Crippen molar-refractivity contribution >= 4 is 5.97 Å². The third-order valence-electron chi connectivity index (χ3n) is 2.57. The van der Waals surface area contributed by atoms with Gasteiger partial charge in [0.15, 0.2) is 11.6 Å². The van der Waals surface area contributed by atoms with Crippen LogP contribution in [0.2, 0.25) is 0 Å². The van der Waals surface area contributed by atoms with Crippen molar-refractivity contribution in [3.63, 3.8) is 0 Å². The van der Waals surface area contributed by atoms with E-state index in [9.17, 15) is 9.18 Å². The van der Waals surface area contributed by atoms with E-state index in [4.69, 9.17) is 15.6 Å². The Morgan fingerprint density at radius 2 is 2.24 bits per heavy atom. The van der Waals surface area contributed by atoms with Crippen molar-refractivity contribution in [2.24, 2.45) is 11.7 Å². The second kappa shape index (κ2) is 5.63. The van der Waals surface area contributed by atoms with Crippen LogP contribution in [-0.4, -0.2) is 17.7 Å². The molecule has 0 aromatic heterocycles. The first kappa shape index (κ1) is 13.4. The molecule has 1 rings (SSSR count). The predicted molar refractivity (Wildman–Crippen MR) is 61.3 cm³/mol. The van der Waals surface area contributed by atoms with Gasteiger partial charge < -0.3 is 15.6 Å². The number of halogens is 1. The van der Waals surface area contributed by atoms with Gasteiger partial charge >= 0.3 is 5.97 Å². The van der Waals surface area contributed by atoms with Gasteiger partial charge in [-0.15, -0.1) is 0 Å². The second-order valence-electron chi connectivity index (χ2n) is 3.78. The Morgan fingerprint density at radius 3 is 2.71 bits per heavy atom. The van der Waals surface area contributed by atoms with Gasteiger partial charge in [-0.1, -0.05) is 13.0 Å². The molecule has 0 saturated carbocycles. The van der Waals surface area contributed by atoms with Crippen LogP contribution in [0.4, 0.5) is 4.39 Å². The number of nitrogens with two attached hydrogens (primary N) is 1. The van der Waals surface area contributed by atoms with Crippen LogP contribution in [0, 0.1) is 11.7 Å². The number of carbonyl (C=O) groups is 1. The molecule has 0 radical (unpaired) electrons. The van der Waals surface area contributed by atoms with Crippen molar-refractivity contribution in [1.29, 1.82) is 0 Å². The summed E-state index contributed by atoms with van der Waals surface area (Å²) in [6.45, 7) is 3.61. The molecule has 2 atom stereocenters. The van der Waals surface area contributed by atoms with Crippen molar-refractivity contribution in [2.75, 3.05) is 6.61 Å². The highest BCUT2D eigenvalue weighted by atomic mass is 19.1. The van der Waals surface area contributed by atoms with E-state index in [0.29, 0.717) is 12.2 Å². The average molecular weight is 241 g/mol. The highest BCUT2D eigenvalue weighted by molar-refractivity contribution is 5.70.